The summed E-state index contributed by atoms with van der Waals surface area (Å²) in [6, 6.07) is 10.4. The van der Waals surface area contributed by atoms with Gasteiger partial charge in [-0.1, -0.05) is 30.3 Å². The van der Waals surface area contributed by atoms with Crippen LogP contribution in [0, 0.1) is 0 Å². The third-order valence-corrected chi connectivity index (χ3v) is 3.03. The lowest BCUT2D eigenvalue weighted by atomic mass is 10.2. The lowest BCUT2D eigenvalue weighted by molar-refractivity contribution is 0.0293. The molecule has 0 atom stereocenters. The summed E-state index contributed by atoms with van der Waals surface area (Å²) in [6.45, 7) is 8.22. The highest BCUT2D eigenvalue weighted by atomic mass is 16.6. The third kappa shape index (κ3) is 7.71. The van der Waals surface area contributed by atoms with Crippen LogP contribution in [0.25, 0.3) is 0 Å². The maximum Gasteiger partial charge on any atom is 0.410 e. The van der Waals surface area contributed by atoms with Gasteiger partial charge in [-0.05, 0) is 46.3 Å². The van der Waals surface area contributed by atoms with Gasteiger partial charge in [0.05, 0.1) is 0 Å². The van der Waals surface area contributed by atoms with E-state index >= 15 is 0 Å². The summed E-state index contributed by atoms with van der Waals surface area (Å²) in [7, 11) is 3.88. The lowest BCUT2D eigenvalue weighted by Gasteiger charge is -2.25. The van der Waals surface area contributed by atoms with Crippen molar-refractivity contribution in [2.45, 2.75) is 39.3 Å². The quantitative estimate of drug-likeness (QED) is 0.806. The van der Waals surface area contributed by atoms with Crippen molar-refractivity contribution in [2.24, 2.45) is 0 Å². The first-order chi connectivity index (χ1) is 9.78. The first-order valence-electron chi connectivity index (χ1n) is 7.44. The first kappa shape index (κ1) is 17.5. The van der Waals surface area contributed by atoms with E-state index in [1.54, 1.807) is 11.9 Å². The molecule has 4 heteroatoms. The molecule has 21 heavy (non-hydrogen) atoms. The predicted octanol–water partition coefficient (Wildman–Crippen LogP) is 3.38. The molecule has 0 aliphatic rings. The van der Waals surface area contributed by atoms with Gasteiger partial charge in [-0.3, -0.25) is 0 Å². The second-order valence-electron chi connectivity index (χ2n) is 6.48. The topological polar surface area (TPSA) is 32.8 Å². The molecule has 0 radical (unpaired) electrons. The van der Waals surface area contributed by atoms with Crippen LogP contribution in [0.4, 0.5) is 4.79 Å². The zero-order valence-corrected chi connectivity index (χ0v) is 13.9. The molecule has 1 amide bonds. The maximum absolute atomic E-state index is 11.8. The van der Waals surface area contributed by atoms with Crippen LogP contribution in [0.5, 0.6) is 0 Å². The fourth-order valence-corrected chi connectivity index (χ4v) is 1.98. The Balaban J connectivity index is 2.25. The monoisotopic (exact) mass is 292 g/mol. The number of carbonyl (C=O) groups is 1. The van der Waals surface area contributed by atoms with Gasteiger partial charge in [0, 0.05) is 20.1 Å². The standard InChI is InChI=1S/C17H28N2O2/c1-17(2,3)21-16(20)19(5)13-9-12-18(4)14-15-10-7-6-8-11-15/h6-8,10-11H,9,12-14H2,1-5H3. The third-order valence-electron chi connectivity index (χ3n) is 3.03. The van der Waals surface area contributed by atoms with Crippen molar-refractivity contribution in [3.05, 3.63) is 35.9 Å². The van der Waals surface area contributed by atoms with Crippen LogP contribution in [0.3, 0.4) is 0 Å². The molecule has 1 aromatic carbocycles. The van der Waals surface area contributed by atoms with Gasteiger partial charge in [-0.15, -0.1) is 0 Å². The van der Waals surface area contributed by atoms with Gasteiger partial charge >= 0.3 is 6.09 Å². The number of amides is 1. The van der Waals surface area contributed by atoms with E-state index in [1.165, 1.54) is 5.56 Å². The Hall–Kier alpha value is -1.55. The second-order valence-corrected chi connectivity index (χ2v) is 6.48. The van der Waals surface area contributed by atoms with Gasteiger partial charge in [0.2, 0.25) is 0 Å². The minimum absolute atomic E-state index is 0.256. The van der Waals surface area contributed by atoms with Crippen LogP contribution in [-0.4, -0.2) is 48.7 Å². The van der Waals surface area contributed by atoms with Gasteiger partial charge in [-0.2, -0.15) is 0 Å². The molecular formula is C17H28N2O2. The van der Waals surface area contributed by atoms with Crippen molar-refractivity contribution in [3.63, 3.8) is 0 Å². The number of carbonyl (C=O) groups excluding carboxylic acids is 1. The Morgan fingerprint density at radius 3 is 2.29 bits per heavy atom. The van der Waals surface area contributed by atoms with Crippen LogP contribution in [0.2, 0.25) is 0 Å². The molecule has 0 spiro atoms. The average molecular weight is 292 g/mol. The Kier molecular flexibility index (Phi) is 6.69. The van der Waals surface area contributed by atoms with Crippen molar-refractivity contribution in [2.75, 3.05) is 27.2 Å². The number of ether oxygens (including phenoxy) is 1. The Morgan fingerprint density at radius 2 is 1.71 bits per heavy atom. The summed E-state index contributed by atoms with van der Waals surface area (Å²) in [6.07, 6.45) is 0.673. The molecule has 0 fully saturated rings. The molecule has 1 aromatic rings. The van der Waals surface area contributed by atoms with E-state index in [4.69, 9.17) is 4.74 Å². The van der Waals surface area contributed by atoms with E-state index in [9.17, 15) is 4.79 Å². The van der Waals surface area contributed by atoms with Crippen molar-refractivity contribution in [1.82, 2.24) is 9.80 Å². The van der Waals surface area contributed by atoms with Gasteiger partial charge < -0.3 is 14.5 Å². The van der Waals surface area contributed by atoms with Crippen molar-refractivity contribution < 1.29 is 9.53 Å². The van der Waals surface area contributed by atoms with Gasteiger partial charge in [0.15, 0.2) is 0 Å². The summed E-state index contributed by atoms with van der Waals surface area (Å²) in [5.74, 6) is 0. The minimum Gasteiger partial charge on any atom is -0.444 e. The van der Waals surface area contributed by atoms with E-state index in [2.05, 4.69) is 36.2 Å². The summed E-state index contributed by atoms with van der Waals surface area (Å²) < 4.78 is 5.33. The fourth-order valence-electron chi connectivity index (χ4n) is 1.98. The summed E-state index contributed by atoms with van der Waals surface area (Å²) in [5.41, 5.74) is 0.871. The van der Waals surface area contributed by atoms with Gasteiger partial charge in [0.25, 0.3) is 0 Å². The highest BCUT2D eigenvalue weighted by Gasteiger charge is 2.19. The van der Waals surface area contributed by atoms with Crippen molar-refractivity contribution in [3.8, 4) is 0 Å². The van der Waals surface area contributed by atoms with E-state index in [1.807, 2.05) is 26.8 Å². The molecular weight excluding hydrogens is 264 g/mol. The SMILES string of the molecule is CN(CCCN(C)C(=O)OC(C)(C)C)Cc1ccccc1. The Bertz CT molecular complexity index is 426. The highest BCUT2D eigenvalue weighted by molar-refractivity contribution is 5.67. The number of hydrogen-bond donors (Lipinski definition) is 0. The van der Waals surface area contributed by atoms with E-state index in [0.717, 1.165) is 19.5 Å². The van der Waals surface area contributed by atoms with Gasteiger partial charge in [-0.25, -0.2) is 4.79 Å². The van der Waals surface area contributed by atoms with Crippen LogP contribution in [0.1, 0.15) is 32.8 Å². The summed E-state index contributed by atoms with van der Waals surface area (Å²) >= 11 is 0. The normalized spacial score (nSPS) is 11.5. The zero-order valence-electron chi connectivity index (χ0n) is 13.9. The van der Waals surface area contributed by atoms with Gasteiger partial charge in [0.1, 0.15) is 5.60 Å². The van der Waals surface area contributed by atoms with E-state index in [-0.39, 0.29) is 6.09 Å². The molecule has 0 N–H and O–H groups in total. The smallest absolute Gasteiger partial charge is 0.410 e. The molecule has 0 aliphatic carbocycles. The molecule has 118 valence electrons. The molecule has 0 saturated heterocycles. The van der Waals surface area contributed by atoms with Crippen LogP contribution >= 0.6 is 0 Å². The summed E-state index contributed by atoms with van der Waals surface area (Å²) in [5, 5.41) is 0. The molecule has 0 bridgehead atoms. The highest BCUT2D eigenvalue weighted by Crippen LogP contribution is 2.09. The molecule has 0 unspecified atom stereocenters. The second kappa shape index (κ2) is 8.03. The molecule has 0 aliphatic heterocycles. The maximum atomic E-state index is 11.8. The van der Waals surface area contributed by atoms with E-state index in [0.29, 0.717) is 6.54 Å². The molecule has 0 saturated carbocycles. The molecule has 4 nitrogen and oxygen atoms in total. The number of rotatable bonds is 6. The minimum atomic E-state index is -0.435. The van der Waals surface area contributed by atoms with Crippen LogP contribution < -0.4 is 0 Å². The molecule has 1 rings (SSSR count). The van der Waals surface area contributed by atoms with E-state index < -0.39 is 5.60 Å². The Labute approximate surface area is 128 Å². The predicted molar refractivity (Wildman–Crippen MR) is 86.3 cm³/mol. The fraction of sp³-hybridized carbons (Fsp3) is 0.588. The van der Waals surface area contributed by atoms with Crippen LogP contribution in [-0.2, 0) is 11.3 Å². The first-order valence-corrected chi connectivity index (χ1v) is 7.44. The lowest BCUT2D eigenvalue weighted by Crippen LogP contribution is -2.35. The zero-order chi connectivity index (χ0) is 15.9. The number of benzene rings is 1. The number of hydrogen-bond acceptors (Lipinski definition) is 3. The molecule has 0 heterocycles. The van der Waals surface area contributed by atoms with Crippen LogP contribution in [0.15, 0.2) is 30.3 Å². The summed E-state index contributed by atoms with van der Waals surface area (Å²) in [4.78, 5) is 15.7. The largest absolute Gasteiger partial charge is 0.444 e. The average Bonchev–Trinajstić information content (AvgIpc) is 2.37. The molecule has 0 aromatic heterocycles. The van der Waals surface area contributed by atoms with Crippen molar-refractivity contribution in [1.29, 1.82) is 0 Å². The Morgan fingerprint density at radius 1 is 1.10 bits per heavy atom. The number of nitrogens with zero attached hydrogens (tertiary/aromatic N) is 2. The van der Waals surface area contributed by atoms with Crippen molar-refractivity contribution >= 4 is 6.09 Å².